The van der Waals surface area contributed by atoms with E-state index in [0.717, 1.165) is 30.6 Å². The third kappa shape index (κ3) is 4.03. The molecule has 3 aromatic rings. The average molecular weight is 379 g/mol. The number of carbonyl (C=O) groups is 1. The van der Waals surface area contributed by atoms with E-state index in [1.54, 1.807) is 5.48 Å². The van der Waals surface area contributed by atoms with Crippen molar-refractivity contribution in [3.05, 3.63) is 60.4 Å². The molecule has 2 aromatic carbocycles. The number of nitrogens with zero attached hydrogens (tertiary/aromatic N) is 4. The largest absolute Gasteiger partial charge is 0.406 e. The normalized spacial score (nSPS) is 15.2. The maximum absolute atomic E-state index is 11.4. The number of rotatable bonds is 4. The van der Waals surface area contributed by atoms with Crippen molar-refractivity contribution in [2.45, 2.75) is 6.42 Å². The van der Waals surface area contributed by atoms with Gasteiger partial charge in [0.05, 0.1) is 12.1 Å². The molecule has 28 heavy (non-hydrogen) atoms. The second kappa shape index (κ2) is 8.20. The van der Waals surface area contributed by atoms with Gasteiger partial charge in [0.25, 0.3) is 5.91 Å². The molecule has 2 N–H and O–H groups in total. The molecule has 0 spiro atoms. The Morgan fingerprint density at radius 2 is 1.79 bits per heavy atom. The van der Waals surface area contributed by atoms with E-state index in [2.05, 4.69) is 33.1 Å². The van der Waals surface area contributed by atoms with Crippen LogP contribution in [-0.2, 0) is 0 Å². The lowest BCUT2D eigenvalue weighted by atomic mass is 10.1. The van der Waals surface area contributed by atoms with Crippen molar-refractivity contribution in [1.82, 2.24) is 20.5 Å². The zero-order valence-electron chi connectivity index (χ0n) is 15.3. The van der Waals surface area contributed by atoms with Crippen LogP contribution >= 0.6 is 0 Å². The number of hydroxylamine groups is 3. The Morgan fingerprint density at radius 3 is 2.57 bits per heavy atom. The highest BCUT2D eigenvalue weighted by Gasteiger charge is 2.18. The molecule has 1 aliphatic heterocycles. The molecule has 8 heteroatoms. The molecule has 0 aliphatic carbocycles. The number of aromatic nitrogens is 2. The van der Waals surface area contributed by atoms with Gasteiger partial charge in [0.1, 0.15) is 5.75 Å². The molecule has 0 bridgehead atoms. The van der Waals surface area contributed by atoms with Crippen LogP contribution in [0.15, 0.2) is 54.9 Å². The lowest BCUT2D eigenvalue weighted by Crippen LogP contribution is -2.33. The molecule has 0 atom stereocenters. The average Bonchev–Trinajstić information content (AvgIpc) is 2.99. The Kier molecular flexibility index (Phi) is 5.31. The standard InChI is InChI=1S/C20H21N5O3/c26-19(23-27)17-13-21-20(22-14-17)24-8-3-9-25(11-10-24)28-18-7-6-15-4-1-2-5-16(15)12-18/h1-2,4-7,12-14,27H,3,8-11H2,(H,23,26). The molecular weight excluding hydrogens is 358 g/mol. The topological polar surface area (TPSA) is 90.8 Å². The molecule has 0 unspecified atom stereocenters. The van der Waals surface area contributed by atoms with Crippen molar-refractivity contribution in [2.24, 2.45) is 0 Å². The van der Waals surface area contributed by atoms with Gasteiger partial charge in [-0.05, 0) is 29.3 Å². The summed E-state index contributed by atoms with van der Waals surface area (Å²) in [6.45, 7) is 3.01. The van der Waals surface area contributed by atoms with Crippen molar-refractivity contribution < 1.29 is 14.8 Å². The predicted molar refractivity (Wildman–Crippen MR) is 104 cm³/mol. The van der Waals surface area contributed by atoms with Crippen LogP contribution in [0.4, 0.5) is 5.95 Å². The first kappa shape index (κ1) is 18.1. The highest BCUT2D eigenvalue weighted by Crippen LogP contribution is 2.22. The lowest BCUT2D eigenvalue weighted by Gasteiger charge is -2.22. The van der Waals surface area contributed by atoms with Crippen LogP contribution < -0.4 is 15.2 Å². The van der Waals surface area contributed by atoms with Gasteiger partial charge in [-0.25, -0.2) is 15.4 Å². The van der Waals surface area contributed by atoms with Crippen LogP contribution in [0.2, 0.25) is 0 Å². The molecule has 2 heterocycles. The van der Waals surface area contributed by atoms with Crippen LogP contribution in [0.25, 0.3) is 10.8 Å². The first-order valence-electron chi connectivity index (χ1n) is 9.16. The molecule has 1 aromatic heterocycles. The minimum Gasteiger partial charge on any atom is -0.406 e. The molecule has 0 radical (unpaired) electrons. The Bertz CT molecular complexity index is 963. The maximum Gasteiger partial charge on any atom is 0.277 e. The lowest BCUT2D eigenvalue weighted by molar-refractivity contribution is -0.0518. The van der Waals surface area contributed by atoms with Gasteiger partial charge < -0.3 is 9.74 Å². The SMILES string of the molecule is O=C(NO)c1cnc(N2CCCN(Oc3ccc4ccccc4c3)CC2)nc1. The minimum atomic E-state index is -0.627. The van der Waals surface area contributed by atoms with E-state index in [1.807, 2.05) is 29.3 Å². The number of nitrogens with one attached hydrogen (secondary N) is 1. The highest BCUT2D eigenvalue weighted by atomic mass is 16.7. The summed E-state index contributed by atoms with van der Waals surface area (Å²) in [5.74, 6) is 0.752. The van der Waals surface area contributed by atoms with Crippen LogP contribution in [0.3, 0.4) is 0 Å². The Balaban J connectivity index is 1.39. The van der Waals surface area contributed by atoms with Crippen molar-refractivity contribution in [3.8, 4) is 5.75 Å². The first-order valence-corrected chi connectivity index (χ1v) is 9.16. The number of carbonyl (C=O) groups excluding carboxylic acids is 1. The van der Waals surface area contributed by atoms with E-state index < -0.39 is 5.91 Å². The van der Waals surface area contributed by atoms with Crippen molar-refractivity contribution >= 4 is 22.6 Å². The van der Waals surface area contributed by atoms with Gasteiger partial charge in [0, 0.05) is 32.0 Å². The summed E-state index contributed by atoms with van der Waals surface area (Å²) in [7, 11) is 0. The molecule has 1 fully saturated rings. The summed E-state index contributed by atoms with van der Waals surface area (Å²) >= 11 is 0. The molecule has 1 aliphatic rings. The summed E-state index contributed by atoms with van der Waals surface area (Å²) in [6.07, 6.45) is 3.71. The second-order valence-corrected chi connectivity index (χ2v) is 6.58. The van der Waals surface area contributed by atoms with Crippen molar-refractivity contribution in [1.29, 1.82) is 0 Å². The highest BCUT2D eigenvalue weighted by molar-refractivity contribution is 5.92. The number of anilines is 1. The Morgan fingerprint density at radius 1 is 1.00 bits per heavy atom. The van der Waals surface area contributed by atoms with Crippen LogP contribution in [0.1, 0.15) is 16.8 Å². The summed E-state index contributed by atoms with van der Waals surface area (Å²) < 4.78 is 0. The van der Waals surface area contributed by atoms with Gasteiger partial charge in [-0.3, -0.25) is 10.0 Å². The second-order valence-electron chi connectivity index (χ2n) is 6.58. The van der Waals surface area contributed by atoms with E-state index in [-0.39, 0.29) is 5.56 Å². The van der Waals surface area contributed by atoms with Gasteiger partial charge in [-0.2, -0.15) is 0 Å². The van der Waals surface area contributed by atoms with Crippen molar-refractivity contribution in [2.75, 3.05) is 31.1 Å². The van der Waals surface area contributed by atoms with E-state index in [9.17, 15) is 4.79 Å². The number of hydrogen-bond acceptors (Lipinski definition) is 7. The number of amides is 1. The molecular formula is C20H21N5O3. The zero-order valence-corrected chi connectivity index (χ0v) is 15.3. The monoisotopic (exact) mass is 379 g/mol. The maximum atomic E-state index is 11.4. The van der Waals surface area contributed by atoms with Gasteiger partial charge in [-0.1, -0.05) is 30.3 Å². The summed E-state index contributed by atoms with van der Waals surface area (Å²) in [6, 6.07) is 14.3. The molecule has 4 rings (SSSR count). The van der Waals surface area contributed by atoms with Gasteiger partial charge in [0.15, 0.2) is 0 Å². The van der Waals surface area contributed by atoms with Crippen LogP contribution in [0.5, 0.6) is 5.75 Å². The number of hydrogen-bond donors (Lipinski definition) is 2. The number of benzene rings is 2. The van der Waals surface area contributed by atoms with E-state index in [1.165, 1.54) is 17.8 Å². The summed E-state index contributed by atoms with van der Waals surface area (Å²) in [5.41, 5.74) is 1.79. The molecule has 144 valence electrons. The number of fused-ring (bicyclic) bond motifs is 1. The molecule has 1 amide bonds. The molecule has 8 nitrogen and oxygen atoms in total. The van der Waals surface area contributed by atoms with E-state index in [4.69, 9.17) is 10.0 Å². The zero-order chi connectivity index (χ0) is 19.3. The molecule has 0 saturated carbocycles. The third-order valence-electron chi connectivity index (χ3n) is 4.70. The Labute approximate surface area is 162 Å². The Hall–Kier alpha value is -3.23. The van der Waals surface area contributed by atoms with E-state index >= 15 is 0 Å². The fraction of sp³-hybridized carbons (Fsp3) is 0.250. The van der Waals surface area contributed by atoms with Gasteiger partial charge in [-0.15, -0.1) is 5.06 Å². The predicted octanol–water partition coefficient (Wildman–Crippen LogP) is 2.25. The third-order valence-corrected chi connectivity index (χ3v) is 4.70. The van der Waals surface area contributed by atoms with Gasteiger partial charge in [0.2, 0.25) is 5.95 Å². The summed E-state index contributed by atoms with van der Waals surface area (Å²) in [4.78, 5) is 28.0. The summed E-state index contributed by atoms with van der Waals surface area (Å²) in [5, 5.41) is 13.0. The van der Waals surface area contributed by atoms with Crippen LogP contribution in [-0.4, -0.2) is 52.3 Å². The fourth-order valence-electron chi connectivity index (χ4n) is 3.22. The van der Waals surface area contributed by atoms with E-state index in [0.29, 0.717) is 19.0 Å². The quantitative estimate of drug-likeness (QED) is 0.531. The fourth-order valence-corrected chi connectivity index (χ4v) is 3.22. The van der Waals surface area contributed by atoms with Crippen LogP contribution in [0, 0.1) is 0 Å². The minimum absolute atomic E-state index is 0.210. The molecule has 1 saturated heterocycles. The van der Waals surface area contributed by atoms with Crippen molar-refractivity contribution in [3.63, 3.8) is 0 Å². The van der Waals surface area contributed by atoms with Gasteiger partial charge >= 0.3 is 0 Å². The first-order chi connectivity index (χ1) is 13.7. The smallest absolute Gasteiger partial charge is 0.277 e.